The fourth-order valence-corrected chi connectivity index (χ4v) is 1.97. The summed E-state index contributed by atoms with van der Waals surface area (Å²) in [5, 5.41) is 8.86. The van der Waals surface area contributed by atoms with Crippen LogP contribution >= 0.6 is 7.60 Å². The summed E-state index contributed by atoms with van der Waals surface area (Å²) in [6.07, 6.45) is 0.426. The van der Waals surface area contributed by atoms with E-state index in [0.29, 0.717) is 11.3 Å². The number of carbonyl (C=O) groups is 1. The Morgan fingerprint density at radius 1 is 1.33 bits per heavy atom. The summed E-state index contributed by atoms with van der Waals surface area (Å²) >= 11 is 0. The van der Waals surface area contributed by atoms with Crippen LogP contribution in [0.15, 0.2) is 29.8 Å². The van der Waals surface area contributed by atoms with Crippen molar-refractivity contribution in [3.63, 3.8) is 0 Å². The van der Waals surface area contributed by atoms with E-state index in [2.05, 4.69) is 0 Å². The Morgan fingerprint density at radius 2 is 1.89 bits per heavy atom. The number of carboxylic acid groups (broad SMARTS) is 1. The second-order valence-electron chi connectivity index (χ2n) is 3.57. The van der Waals surface area contributed by atoms with Gasteiger partial charge >= 0.3 is 13.6 Å². The van der Waals surface area contributed by atoms with E-state index in [1.807, 2.05) is 0 Å². The van der Waals surface area contributed by atoms with Crippen molar-refractivity contribution in [2.24, 2.45) is 0 Å². The number of ether oxygens (including phenoxy) is 1. The summed E-state index contributed by atoms with van der Waals surface area (Å²) in [6, 6.07) is 6.45. The van der Waals surface area contributed by atoms with Gasteiger partial charge in [0, 0.05) is 5.57 Å². The number of hydrogen-bond acceptors (Lipinski definition) is 3. The van der Waals surface area contributed by atoms with Gasteiger partial charge in [-0.3, -0.25) is 4.57 Å². The van der Waals surface area contributed by atoms with Crippen LogP contribution in [0.5, 0.6) is 5.75 Å². The van der Waals surface area contributed by atoms with Crippen molar-refractivity contribution in [3.8, 4) is 5.75 Å². The van der Waals surface area contributed by atoms with Crippen LogP contribution in [-0.2, 0) is 9.36 Å². The van der Waals surface area contributed by atoms with Gasteiger partial charge in [0.25, 0.3) is 0 Å². The molecule has 0 bridgehead atoms. The maximum absolute atomic E-state index is 10.9. The average molecular weight is 272 g/mol. The normalized spacial score (nSPS) is 12.3. The number of rotatable bonds is 5. The lowest BCUT2D eigenvalue weighted by atomic mass is 10.1. The lowest BCUT2D eigenvalue weighted by Gasteiger charge is -2.05. The molecule has 1 aromatic rings. The first-order chi connectivity index (χ1) is 8.31. The van der Waals surface area contributed by atoms with Crippen molar-refractivity contribution < 1.29 is 29.0 Å². The standard InChI is InChI=1S/C11H13O6P/c1-17-10-4-2-8(3-5-10)6-9(11(12)13)7-18(14,15)16/h2-6H,7H2,1H3,(H,12,13)(H2,14,15,16)/b9-6+. The predicted octanol–water partition coefficient (Wildman–Crippen LogP) is 1.34. The molecule has 0 radical (unpaired) electrons. The van der Waals surface area contributed by atoms with Gasteiger partial charge < -0.3 is 19.6 Å². The zero-order valence-electron chi connectivity index (χ0n) is 9.61. The fraction of sp³-hybridized carbons (Fsp3) is 0.182. The largest absolute Gasteiger partial charge is 0.497 e. The van der Waals surface area contributed by atoms with Crippen LogP contribution < -0.4 is 4.74 Å². The molecule has 0 aliphatic heterocycles. The number of methoxy groups -OCH3 is 1. The van der Waals surface area contributed by atoms with E-state index >= 15 is 0 Å². The Hall–Kier alpha value is -1.62. The van der Waals surface area contributed by atoms with Gasteiger partial charge in [-0.2, -0.15) is 0 Å². The summed E-state index contributed by atoms with van der Waals surface area (Å²) in [5.74, 6) is -0.742. The first-order valence-electron chi connectivity index (χ1n) is 4.94. The minimum absolute atomic E-state index is 0.339. The number of benzene rings is 1. The van der Waals surface area contributed by atoms with E-state index in [9.17, 15) is 9.36 Å². The molecule has 6 nitrogen and oxygen atoms in total. The van der Waals surface area contributed by atoms with Crippen LogP contribution in [-0.4, -0.2) is 34.1 Å². The molecule has 18 heavy (non-hydrogen) atoms. The van der Waals surface area contributed by atoms with Crippen molar-refractivity contribution in [1.29, 1.82) is 0 Å². The van der Waals surface area contributed by atoms with Gasteiger partial charge in [-0.25, -0.2) is 4.79 Å². The second-order valence-corrected chi connectivity index (χ2v) is 5.22. The molecule has 0 atom stereocenters. The monoisotopic (exact) mass is 272 g/mol. The molecule has 0 aliphatic rings. The van der Waals surface area contributed by atoms with Gasteiger partial charge in [-0.15, -0.1) is 0 Å². The maximum Gasteiger partial charge on any atom is 0.332 e. The Labute approximate surface area is 104 Å². The first-order valence-corrected chi connectivity index (χ1v) is 6.74. The van der Waals surface area contributed by atoms with Gasteiger partial charge in [0.05, 0.1) is 13.3 Å². The molecule has 0 saturated heterocycles. The zero-order valence-corrected chi connectivity index (χ0v) is 10.5. The van der Waals surface area contributed by atoms with Crippen LogP contribution in [0.4, 0.5) is 0 Å². The van der Waals surface area contributed by atoms with E-state index in [0.717, 1.165) is 0 Å². The van der Waals surface area contributed by atoms with Gasteiger partial charge in [-0.05, 0) is 23.8 Å². The van der Waals surface area contributed by atoms with E-state index in [4.69, 9.17) is 19.6 Å². The minimum atomic E-state index is -4.40. The molecular formula is C11H13O6P. The summed E-state index contributed by atoms with van der Waals surface area (Å²) in [7, 11) is -2.90. The third-order valence-corrected chi connectivity index (χ3v) is 2.86. The average Bonchev–Trinajstić information content (AvgIpc) is 2.27. The van der Waals surface area contributed by atoms with Crippen LogP contribution in [0.1, 0.15) is 5.56 Å². The molecule has 3 N–H and O–H groups in total. The molecule has 0 amide bonds. The first kappa shape index (κ1) is 14.4. The maximum atomic E-state index is 10.9. The number of hydrogen-bond donors (Lipinski definition) is 3. The number of carboxylic acids is 1. The molecule has 0 spiro atoms. The molecule has 1 rings (SSSR count). The molecule has 1 aromatic carbocycles. The van der Waals surface area contributed by atoms with Crippen LogP contribution in [0.25, 0.3) is 6.08 Å². The van der Waals surface area contributed by atoms with Crippen molar-refractivity contribution >= 4 is 19.6 Å². The molecule has 98 valence electrons. The Morgan fingerprint density at radius 3 is 2.28 bits per heavy atom. The van der Waals surface area contributed by atoms with Crippen LogP contribution in [0.2, 0.25) is 0 Å². The molecule has 0 heterocycles. The Balaban J connectivity index is 3.00. The van der Waals surface area contributed by atoms with E-state index in [1.165, 1.54) is 13.2 Å². The molecule has 0 fully saturated rings. The SMILES string of the molecule is COc1ccc(/C=C(\CP(=O)(O)O)C(=O)O)cc1. The highest BCUT2D eigenvalue weighted by Crippen LogP contribution is 2.37. The summed E-state index contributed by atoms with van der Waals surface area (Å²) in [6.45, 7) is 0. The predicted molar refractivity (Wildman–Crippen MR) is 65.5 cm³/mol. The highest BCUT2D eigenvalue weighted by molar-refractivity contribution is 7.52. The Bertz CT molecular complexity index is 499. The van der Waals surface area contributed by atoms with Crippen molar-refractivity contribution in [1.82, 2.24) is 0 Å². The van der Waals surface area contributed by atoms with Gasteiger partial charge in [0.15, 0.2) is 0 Å². The van der Waals surface area contributed by atoms with Crippen molar-refractivity contribution in [2.75, 3.05) is 13.3 Å². The van der Waals surface area contributed by atoms with E-state index in [-0.39, 0.29) is 5.57 Å². The smallest absolute Gasteiger partial charge is 0.332 e. The topological polar surface area (TPSA) is 104 Å². The zero-order chi connectivity index (χ0) is 13.8. The third kappa shape index (κ3) is 4.71. The molecule has 7 heteroatoms. The lowest BCUT2D eigenvalue weighted by Crippen LogP contribution is -2.05. The quantitative estimate of drug-likeness (QED) is 0.552. The summed E-state index contributed by atoms with van der Waals surface area (Å²) in [4.78, 5) is 28.4. The second kappa shape index (κ2) is 5.82. The van der Waals surface area contributed by atoms with Crippen molar-refractivity contribution in [2.45, 2.75) is 0 Å². The summed E-state index contributed by atoms with van der Waals surface area (Å²) in [5.41, 5.74) is 0.190. The lowest BCUT2D eigenvalue weighted by molar-refractivity contribution is -0.132. The van der Waals surface area contributed by atoms with Gasteiger partial charge in [0.2, 0.25) is 0 Å². The molecule has 0 aromatic heterocycles. The van der Waals surface area contributed by atoms with Gasteiger partial charge in [0.1, 0.15) is 5.75 Å². The molecule has 0 saturated carbocycles. The molecule has 0 unspecified atom stereocenters. The molecular weight excluding hydrogens is 259 g/mol. The van der Waals surface area contributed by atoms with E-state index < -0.39 is 19.7 Å². The Kier molecular flexibility index (Phi) is 4.67. The fourth-order valence-electron chi connectivity index (χ4n) is 1.30. The van der Waals surface area contributed by atoms with E-state index in [1.54, 1.807) is 24.3 Å². The van der Waals surface area contributed by atoms with Gasteiger partial charge in [-0.1, -0.05) is 12.1 Å². The van der Waals surface area contributed by atoms with Crippen LogP contribution in [0.3, 0.4) is 0 Å². The third-order valence-electron chi connectivity index (χ3n) is 2.11. The highest BCUT2D eigenvalue weighted by atomic mass is 31.2. The minimum Gasteiger partial charge on any atom is -0.497 e. The van der Waals surface area contributed by atoms with Crippen LogP contribution in [0, 0.1) is 0 Å². The summed E-state index contributed by atoms with van der Waals surface area (Å²) < 4.78 is 15.7. The molecule has 0 aliphatic carbocycles. The number of aliphatic carboxylic acids is 1. The van der Waals surface area contributed by atoms with Crippen molar-refractivity contribution in [3.05, 3.63) is 35.4 Å². The highest BCUT2D eigenvalue weighted by Gasteiger charge is 2.20.